The van der Waals surface area contributed by atoms with Gasteiger partial charge in [0.2, 0.25) is 0 Å². The molecule has 0 spiro atoms. The Hall–Kier alpha value is -1.78. The standard InChI is InChI=1S/C10H10N4O/c15-10-5-8(7-1-2-7)13-14(10)9-6-11-3-4-12-9/h3-4,6-7H,1-2,5H2. The van der Waals surface area contributed by atoms with E-state index in [2.05, 4.69) is 15.1 Å². The number of hydrogen-bond acceptors (Lipinski definition) is 4. The average Bonchev–Trinajstić information content (AvgIpc) is 3.04. The molecule has 0 atom stereocenters. The summed E-state index contributed by atoms with van der Waals surface area (Å²) in [6.45, 7) is 0. The number of hydrogen-bond donors (Lipinski definition) is 0. The summed E-state index contributed by atoms with van der Waals surface area (Å²) in [6.07, 6.45) is 7.47. The summed E-state index contributed by atoms with van der Waals surface area (Å²) >= 11 is 0. The lowest BCUT2D eigenvalue weighted by atomic mass is 10.2. The molecule has 3 rings (SSSR count). The molecule has 1 fully saturated rings. The van der Waals surface area contributed by atoms with E-state index in [1.165, 1.54) is 17.9 Å². The van der Waals surface area contributed by atoms with Crippen LogP contribution < -0.4 is 5.01 Å². The molecule has 1 aromatic heterocycles. The number of anilines is 1. The minimum absolute atomic E-state index is 0.00241. The van der Waals surface area contributed by atoms with Crippen molar-refractivity contribution < 1.29 is 4.79 Å². The maximum absolute atomic E-state index is 11.7. The molecule has 0 radical (unpaired) electrons. The normalized spacial score (nSPS) is 20.7. The quantitative estimate of drug-likeness (QED) is 0.718. The van der Waals surface area contributed by atoms with Gasteiger partial charge >= 0.3 is 0 Å². The van der Waals surface area contributed by atoms with E-state index in [9.17, 15) is 4.79 Å². The number of nitrogens with zero attached hydrogens (tertiary/aromatic N) is 4. The first-order valence-electron chi connectivity index (χ1n) is 5.01. The summed E-state index contributed by atoms with van der Waals surface area (Å²) in [6, 6.07) is 0. The van der Waals surface area contributed by atoms with Crippen LogP contribution in [0.2, 0.25) is 0 Å². The van der Waals surface area contributed by atoms with E-state index in [0.717, 1.165) is 5.71 Å². The van der Waals surface area contributed by atoms with Crippen molar-refractivity contribution in [1.82, 2.24) is 9.97 Å². The van der Waals surface area contributed by atoms with Gasteiger partial charge in [-0.05, 0) is 18.8 Å². The molecule has 1 aliphatic carbocycles. The summed E-state index contributed by atoms with van der Waals surface area (Å²) in [4.78, 5) is 19.6. The molecular weight excluding hydrogens is 192 g/mol. The van der Waals surface area contributed by atoms with Gasteiger partial charge in [0.05, 0.1) is 18.3 Å². The second-order valence-corrected chi connectivity index (χ2v) is 3.81. The topological polar surface area (TPSA) is 58.5 Å². The molecule has 1 saturated carbocycles. The summed E-state index contributed by atoms with van der Waals surface area (Å²) < 4.78 is 0. The molecule has 5 heteroatoms. The monoisotopic (exact) mass is 202 g/mol. The van der Waals surface area contributed by atoms with Crippen LogP contribution in [0.1, 0.15) is 19.3 Å². The maximum atomic E-state index is 11.7. The van der Waals surface area contributed by atoms with Gasteiger partial charge in [-0.2, -0.15) is 10.1 Å². The minimum Gasteiger partial charge on any atom is -0.272 e. The number of hydrazone groups is 1. The fraction of sp³-hybridized carbons (Fsp3) is 0.400. The second-order valence-electron chi connectivity index (χ2n) is 3.81. The van der Waals surface area contributed by atoms with Crippen molar-refractivity contribution in [3.63, 3.8) is 0 Å². The highest BCUT2D eigenvalue weighted by Crippen LogP contribution is 2.34. The highest BCUT2D eigenvalue weighted by Gasteiger charge is 2.35. The van der Waals surface area contributed by atoms with Crippen molar-refractivity contribution in [1.29, 1.82) is 0 Å². The predicted octanol–water partition coefficient (Wildman–Crippen LogP) is 0.979. The number of rotatable bonds is 2. The highest BCUT2D eigenvalue weighted by atomic mass is 16.2. The smallest absolute Gasteiger partial charge is 0.254 e. The largest absolute Gasteiger partial charge is 0.272 e. The third kappa shape index (κ3) is 1.49. The molecule has 76 valence electrons. The van der Waals surface area contributed by atoms with Gasteiger partial charge < -0.3 is 0 Å². The van der Waals surface area contributed by atoms with Crippen LogP contribution in [-0.4, -0.2) is 21.6 Å². The summed E-state index contributed by atoms with van der Waals surface area (Å²) in [5.41, 5.74) is 1.01. The van der Waals surface area contributed by atoms with E-state index < -0.39 is 0 Å². The molecule has 0 unspecified atom stereocenters. The molecule has 1 aromatic rings. The van der Waals surface area contributed by atoms with Crippen LogP contribution >= 0.6 is 0 Å². The lowest BCUT2D eigenvalue weighted by molar-refractivity contribution is -0.116. The summed E-state index contributed by atoms with van der Waals surface area (Å²) in [7, 11) is 0. The van der Waals surface area contributed by atoms with Crippen LogP contribution in [0, 0.1) is 5.92 Å². The first-order chi connectivity index (χ1) is 7.34. The molecule has 0 N–H and O–H groups in total. The molecule has 1 aliphatic heterocycles. The van der Waals surface area contributed by atoms with Crippen molar-refractivity contribution in [3.05, 3.63) is 18.6 Å². The van der Waals surface area contributed by atoms with E-state index in [-0.39, 0.29) is 5.91 Å². The SMILES string of the molecule is O=C1CC(C2CC2)=NN1c1cnccn1. The van der Waals surface area contributed by atoms with Crippen LogP contribution in [-0.2, 0) is 4.79 Å². The van der Waals surface area contributed by atoms with Gasteiger partial charge in [0.1, 0.15) is 0 Å². The van der Waals surface area contributed by atoms with Gasteiger partial charge in [-0.15, -0.1) is 0 Å². The van der Waals surface area contributed by atoms with Crippen molar-refractivity contribution >= 4 is 17.4 Å². The fourth-order valence-electron chi connectivity index (χ4n) is 1.67. The Labute approximate surface area is 86.8 Å². The first-order valence-corrected chi connectivity index (χ1v) is 5.01. The summed E-state index contributed by atoms with van der Waals surface area (Å²) in [5.74, 6) is 1.05. The lowest BCUT2D eigenvalue weighted by Gasteiger charge is -2.08. The maximum Gasteiger partial charge on any atom is 0.254 e. The third-order valence-corrected chi connectivity index (χ3v) is 2.61. The van der Waals surface area contributed by atoms with Crippen LogP contribution in [0.5, 0.6) is 0 Å². The molecule has 2 aliphatic rings. The molecule has 2 heterocycles. The van der Waals surface area contributed by atoms with Crippen molar-refractivity contribution in [2.75, 3.05) is 5.01 Å². The zero-order chi connectivity index (χ0) is 10.3. The van der Waals surface area contributed by atoms with Gasteiger partial charge in [0.15, 0.2) is 5.82 Å². The molecule has 0 aromatic carbocycles. The third-order valence-electron chi connectivity index (χ3n) is 2.61. The number of carbonyl (C=O) groups is 1. The van der Waals surface area contributed by atoms with Crippen LogP contribution in [0.25, 0.3) is 0 Å². The lowest BCUT2D eigenvalue weighted by Crippen LogP contribution is -2.20. The fourth-order valence-corrected chi connectivity index (χ4v) is 1.67. The van der Waals surface area contributed by atoms with E-state index in [1.54, 1.807) is 18.6 Å². The number of aromatic nitrogens is 2. The van der Waals surface area contributed by atoms with Gasteiger partial charge in [-0.1, -0.05) is 0 Å². The van der Waals surface area contributed by atoms with E-state index in [1.807, 2.05) is 0 Å². The Morgan fingerprint density at radius 2 is 2.20 bits per heavy atom. The first kappa shape index (κ1) is 8.52. The Morgan fingerprint density at radius 3 is 2.87 bits per heavy atom. The highest BCUT2D eigenvalue weighted by molar-refractivity contribution is 6.13. The van der Waals surface area contributed by atoms with Gasteiger partial charge in [-0.25, -0.2) is 4.98 Å². The number of carbonyl (C=O) groups excluding carboxylic acids is 1. The van der Waals surface area contributed by atoms with Crippen molar-refractivity contribution in [2.24, 2.45) is 11.0 Å². The van der Waals surface area contributed by atoms with Gasteiger partial charge in [0.25, 0.3) is 5.91 Å². The minimum atomic E-state index is -0.00241. The van der Waals surface area contributed by atoms with E-state index in [4.69, 9.17) is 0 Å². The second kappa shape index (κ2) is 3.12. The van der Waals surface area contributed by atoms with Crippen LogP contribution in [0.15, 0.2) is 23.7 Å². The molecular formula is C10H10N4O. The number of amides is 1. The molecule has 0 saturated heterocycles. The van der Waals surface area contributed by atoms with Crippen molar-refractivity contribution in [2.45, 2.75) is 19.3 Å². The van der Waals surface area contributed by atoms with Crippen LogP contribution in [0.4, 0.5) is 5.82 Å². The van der Waals surface area contributed by atoms with Gasteiger partial charge in [0, 0.05) is 12.4 Å². The summed E-state index contributed by atoms with van der Waals surface area (Å²) in [5, 5.41) is 5.66. The predicted molar refractivity (Wildman–Crippen MR) is 54.3 cm³/mol. The Balaban J connectivity index is 1.90. The Morgan fingerprint density at radius 1 is 1.33 bits per heavy atom. The zero-order valence-corrected chi connectivity index (χ0v) is 8.13. The zero-order valence-electron chi connectivity index (χ0n) is 8.13. The molecule has 15 heavy (non-hydrogen) atoms. The molecule has 0 bridgehead atoms. The average molecular weight is 202 g/mol. The van der Waals surface area contributed by atoms with Crippen LogP contribution in [0.3, 0.4) is 0 Å². The molecule has 5 nitrogen and oxygen atoms in total. The van der Waals surface area contributed by atoms with Crippen molar-refractivity contribution in [3.8, 4) is 0 Å². The molecule has 1 amide bonds. The van der Waals surface area contributed by atoms with Gasteiger partial charge in [-0.3, -0.25) is 9.78 Å². The Bertz CT molecular complexity index is 424. The van der Waals surface area contributed by atoms with E-state index >= 15 is 0 Å². The Kier molecular flexibility index (Phi) is 1.77. The van der Waals surface area contributed by atoms with E-state index in [0.29, 0.717) is 18.2 Å².